The van der Waals surface area contributed by atoms with Crippen LogP contribution in [0, 0.1) is 5.92 Å². The number of carbonyl (C=O) groups excluding carboxylic acids is 1. The van der Waals surface area contributed by atoms with Gasteiger partial charge >= 0.3 is 5.97 Å². The monoisotopic (exact) mass is 189 g/mol. The van der Waals surface area contributed by atoms with Gasteiger partial charge in [-0.2, -0.15) is 0 Å². The van der Waals surface area contributed by atoms with Gasteiger partial charge in [0.15, 0.2) is 0 Å². The zero-order chi connectivity index (χ0) is 10.4. The number of nitrogens with one attached hydrogen (secondary N) is 1. The lowest BCUT2D eigenvalue weighted by Crippen LogP contribution is -2.43. The SMILES string of the molecule is CC(C)CC(=O)N[C@H](CO)C(=O)O. The van der Waals surface area contributed by atoms with Gasteiger partial charge in [0.1, 0.15) is 6.04 Å². The third-order valence-electron chi connectivity index (χ3n) is 1.41. The van der Waals surface area contributed by atoms with E-state index in [0.29, 0.717) is 0 Å². The molecule has 0 radical (unpaired) electrons. The van der Waals surface area contributed by atoms with E-state index in [-0.39, 0.29) is 18.2 Å². The van der Waals surface area contributed by atoms with E-state index < -0.39 is 18.6 Å². The molecule has 76 valence electrons. The molecule has 0 aromatic carbocycles. The second-order valence-corrected chi connectivity index (χ2v) is 3.24. The Hall–Kier alpha value is -1.10. The van der Waals surface area contributed by atoms with Gasteiger partial charge < -0.3 is 15.5 Å². The van der Waals surface area contributed by atoms with Crippen LogP contribution < -0.4 is 5.32 Å². The molecular weight excluding hydrogens is 174 g/mol. The van der Waals surface area contributed by atoms with Crippen molar-refractivity contribution < 1.29 is 19.8 Å². The van der Waals surface area contributed by atoms with Gasteiger partial charge in [-0.3, -0.25) is 4.79 Å². The quantitative estimate of drug-likeness (QED) is 0.549. The number of aliphatic carboxylic acids is 1. The van der Waals surface area contributed by atoms with Crippen molar-refractivity contribution in [2.45, 2.75) is 26.3 Å². The highest BCUT2D eigenvalue weighted by Crippen LogP contribution is 1.98. The minimum atomic E-state index is -1.22. The first-order chi connectivity index (χ1) is 5.97. The van der Waals surface area contributed by atoms with Crippen molar-refractivity contribution in [3.8, 4) is 0 Å². The first-order valence-electron chi connectivity index (χ1n) is 4.10. The van der Waals surface area contributed by atoms with Crippen molar-refractivity contribution in [3.63, 3.8) is 0 Å². The van der Waals surface area contributed by atoms with E-state index in [1.165, 1.54) is 0 Å². The summed E-state index contributed by atoms with van der Waals surface area (Å²) in [5.41, 5.74) is 0. The molecule has 13 heavy (non-hydrogen) atoms. The largest absolute Gasteiger partial charge is 0.480 e. The molecule has 0 saturated carbocycles. The summed E-state index contributed by atoms with van der Waals surface area (Å²) < 4.78 is 0. The van der Waals surface area contributed by atoms with E-state index in [2.05, 4.69) is 5.32 Å². The topological polar surface area (TPSA) is 86.6 Å². The van der Waals surface area contributed by atoms with Crippen LogP contribution in [0.15, 0.2) is 0 Å². The summed E-state index contributed by atoms with van der Waals surface area (Å²) in [6, 6.07) is -1.19. The van der Waals surface area contributed by atoms with Gasteiger partial charge in [-0.05, 0) is 5.92 Å². The molecule has 0 unspecified atom stereocenters. The van der Waals surface area contributed by atoms with Gasteiger partial charge in [0.05, 0.1) is 6.61 Å². The van der Waals surface area contributed by atoms with Crippen LogP contribution in [0.2, 0.25) is 0 Å². The maximum Gasteiger partial charge on any atom is 0.328 e. The minimum absolute atomic E-state index is 0.174. The summed E-state index contributed by atoms with van der Waals surface area (Å²) >= 11 is 0. The maximum absolute atomic E-state index is 11.0. The van der Waals surface area contributed by atoms with Gasteiger partial charge in [-0.25, -0.2) is 4.79 Å². The number of carbonyl (C=O) groups is 2. The number of carboxylic acid groups (broad SMARTS) is 1. The van der Waals surface area contributed by atoms with Crippen molar-refractivity contribution >= 4 is 11.9 Å². The molecule has 1 amide bonds. The van der Waals surface area contributed by atoms with Gasteiger partial charge in [-0.1, -0.05) is 13.8 Å². The lowest BCUT2D eigenvalue weighted by atomic mass is 10.1. The predicted octanol–water partition coefficient (Wildman–Crippen LogP) is -0.406. The maximum atomic E-state index is 11.0. The van der Waals surface area contributed by atoms with E-state index in [1.807, 2.05) is 13.8 Å². The molecule has 0 aliphatic rings. The Morgan fingerprint density at radius 2 is 1.92 bits per heavy atom. The van der Waals surface area contributed by atoms with Crippen molar-refractivity contribution in [1.82, 2.24) is 5.32 Å². The lowest BCUT2D eigenvalue weighted by Gasteiger charge is -2.12. The van der Waals surface area contributed by atoms with Gasteiger partial charge in [0, 0.05) is 6.42 Å². The zero-order valence-corrected chi connectivity index (χ0v) is 7.78. The van der Waals surface area contributed by atoms with Crippen LogP contribution in [-0.2, 0) is 9.59 Å². The minimum Gasteiger partial charge on any atom is -0.480 e. The van der Waals surface area contributed by atoms with Crippen molar-refractivity contribution in [2.75, 3.05) is 6.61 Å². The van der Waals surface area contributed by atoms with Crippen molar-refractivity contribution in [1.29, 1.82) is 0 Å². The average Bonchev–Trinajstić information content (AvgIpc) is 1.98. The molecule has 1 atom stereocenters. The summed E-state index contributed by atoms with van der Waals surface area (Å²) in [5, 5.41) is 19.3. The highest BCUT2D eigenvalue weighted by Gasteiger charge is 2.18. The van der Waals surface area contributed by atoms with Gasteiger partial charge in [0.2, 0.25) is 5.91 Å². The number of amides is 1. The third-order valence-corrected chi connectivity index (χ3v) is 1.41. The number of aliphatic hydroxyl groups is 1. The van der Waals surface area contributed by atoms with Crippen LogP contribution in [-0.4, -0.2) is 34.7 Å². The number of aliphatic hydroxyl groups excluding tert-OH is 1. The molecule has 0 rings (SSSR count). The predicted molar refractivity (Wildman–Crippen MR) is 46.1 cm³/mol. The Balaban J connectivity index is 3.94. The summed E-state index contributed by atoms with van der Waals surface area (Å²) in [5.74, 6) is -1.40. The normalized spacial score (nSPS) is 12.6. The first kappa shape index (κ1) is 11.9. The number of hydrogen-bond donors (Lipinski definition) is 3. The first-order valence-corrected chi connectivity index (χ1v) is 4.10. The Bertz CT molecular complexity index is 191. The molecule has 0 aliphatic heterocycles. The zero-order valence-electron chi connectivity index (χ0n) is 7.78. The van der Waals surface area contributed by atoms with Crippen LogP contribution in [0.4, 0.5) is 0 Å². The fraction of sp³-hybridized carbons (Fsp3) is 0.750. The number of carboxylic acids is 1. The van der Waals surface area contributed by atoms with E-state index in [0.717, 1.165) is 0 Å². The second-order valence-electron chi connectivity index (χ2n) is 3.24. The molecule has 0 saturated heterocycles. The molecule has 0 fully saturated rings. The van der Waals surface area contributed by atoms with E-state index >= 15 is 0 Å². The van der Waals surface area contributed by atoms with Crippen LogP contribution in [0.25, 0.3) is 0 Å². The Morgan fingerprint density at radius 1 is 1.38 bits per heavy atom. The molecule has 5 heteroatoms. The fourth-order valence-electron chi connectivity index (χ4n) is 0.810. The average molecular weight is 189 g/mol. The molecular formula is C8H15NO4. The Kier molecular flexibility index (Phi) is 5.06. The number of hydrogen-bond acceptors (Lipinski definition) is 3. The molecule has 0 aromatic heterocycles. The second kappa shape index (κ2) is 5.53. The van der Waals surface area contributed by atoms with Crippen LogP contribution in [0.1, 0.15) is 20.3 Å². The molecule has 5 nitrogen and oxygen atoms in total. The fourth-order valence-corrected chi connectivity index (χ4v) is 0.810. The molecule has 0 bridgehead atoms. The highest BCUT2D eigenvalue weighted by molar-refractivity contribution is 5.83. The standard InChI is InChI=1S/C8H15NO4/c1-5(2)3-7(11)9-6(4-10)8(12)13/h5-6,10H,3-4H2,1-2H3,(H,9,11)(H,12,13)/t6-/m1/s1. The molecule has 3 N–H and O–H groups in total. The molecule has 0 aliphatic carbocycles. The summed E-state index contributed by atoms with van der Waals surface area (Å²) in [6.45, 7) is 3.13. The van der Waals surface area contributed by atoms with Crippen LogP contribution in [0.5, 0.6) is 0 Å². The van der Waals surface area contributed by atoms with Crippen LogP contribution in [0.3, 0.4) is 0 Å². The van der Waals surface area contributed by atoms with Crippen LogP contribution >= 0.6 is 0 Å². The number of rotatable bonds is 5. The van der Waals surface area contributed by atoms with Gasteiger partial charge in [0.25, 0.3) is 0 Å². The highest BCUT2D eigenvalue weighted by atomic mass is 16.4. The van der Waals surface area contributed by atoms with E-state index in [4.69, 9.17) is 10.2 Å². The van der Waals surface area contributed by atoms with Crippen molar-refractivity contribution in [3.05, 3.63) is 0 Å². The van der Waals surface area contributed by atoms with E-state index in [9.17, 15) is 9.59 Å². The Labute approximate surface area is 76.8 Å². The summed E-state index contributed by atoms with van der Waals surface area (Å²) in [7, 11) is 0. The summed E-state index contributed by atoms with van der Waals surface area (Å²) in [6.07, 6.45) is 0.268. The Morgan fingerprint density at radius 3 is 2.23 bits per heavy atom. The lowest BCUT2D eigenvalue weighted by molar-refractivity contribution is -0.143. The molecule has 0 heterocycles. The third kappa shape index (κ3) is 5.19. The van der Waals surface area contributed by atoms with Crippen molar-refractivity contribution in [2.24, 2.45) is 5.92 Å². The molecule has 0 spiro atoms. The van der Waals surface area contributed by atoms with E-state index in [1.54, 1.807) is 0 Å². The summed E-state index contributed by atoms with van der Waals surface area (Å²) in [4.78, 5) is 21.4. The molecule has 0 aromatic rings. The smallest absolute Gasteiger partial charge is 0.328 e. The van der Waals surface area contributed by atoms with Gasteiger partial charge in [-0.15, -0.1) is 0 Å².